The SMILES string of the molecule is CC(C)CC(NC1CCCc2c1cnn2C)C(=O)N(C)C. The maximum Gasteiger partial charge on any atom is 0.239 e. The van der Waals surface area contributed by atoms with Crippen LogP contribution in [0, 0.1) is 5.92 Å². The molecule has 0 spiro atoms. The molecule has 1 heterocycles. The van der Waals surface area contributed by atoms with Crippen LogP contribution >= 0.6 is 0 Å². The Kier molecular flexibility index (Phi) is 5.04. The highest BCUT2D eigenvalue weighted by Gasteiger charge is 2.29. The number of aromatic nitrogens is 2. The molecule has 0 fully saturated rings. The highest BCUT2D eigenvalue weighted by molar-refractivity contribution is 5.81. The van der Waals surface area contributed by atoms with E-state index in [0.29, 0.717) is 5.92 Å². The molecule has 0 aromatic carbocycles. The predicted molar refractivity (Wildman–Crippen MR) is 84.0 cm³/mol. The molecule has 118 valence electrons. The fourth-order valence-electron chi connectivity index (χ4n) is 3.15. The summed E-state index contributed by atoms with van der Waals surface area (Å²) in [5, 5.41) is 7.97. The van der Waals surface area contributed by atoms with Crippen molar-refractivity contribution in [1.29, 1.82) is 0 Å². The first kappa shape index (κ1) is 16.0. The summed E-state index contributed by atoms with van der Waals surface area (Å²) in [7, 11) is 5.65. The lowest BCUT2D eigenvalue weighted by atomic mass is 9.91. The summed E-state index contributed by atoms with van der Waals surface area (Å²) in [6.07, 6.45) is 6.13. The zero-order valence-corrected chi connectivity index (χ0v) is 13.9. The molecule has 0 aliphatic heterocycles. The molecule has 5 nitrogen and oxygen atoms in total. The minimum Gasteiger partial charge on any atom is -0.347 e. The molecular formula is C16H28N4O. The van der Waals surface area contributed by atoms with E-state index in [2.05, 4.69) is 24.3 Å². The lowest BCUT2D eigenvalue weighted by Gasteiger charge is -2.30. The summed E-state index contributed by atoms with van der Waals surface area (Å²) in [4.78, 5) is 14.1. The number of likely N-dealkylation sites (N-methyl/N-ethyl adjacent to an activating group) is 1. The average Bonchev–Trinajstić information content (AvgIpc) is 2.79. The third-order valence-electron chi connectivity index (χ3n) is 4.22. The summed E-state index contributed by atoms with van der Waals surface area (Å²) in [5.41, 5.74) is 2.57. The molecule has 0 radical (unpaired) electrons. The first-order valence-electron chi connectivity index (χ1n) is 7.88. The van der Waals surface area contributed by atoms with Gasteiger partial charge in [-0.1, -0.05) is 13.8 Å². The van der Waals surface area contributed by atoms with Crippen molar-refractivity contribution in [2.75, 3.05) is 14.1 Å². The van der Waals surface area contributed by atoms with Gasteiger partial charge < -0.3 is 4.90 Å². The fraction of sp³-hybridized carbons (Fsp3) is 0.750. The largest absolute Gasteiger partial charge is 0.347 e. The van der Waals surface area contributed by atoms with Crippen LogP contribution in [-0.2, 0) is 18.3 Å². The van der Waals surface area contributed by atoms with Crippen LogP contribution < -0.4 is 5.32 Å². The monoisotopic (exact) mass is 292 g/mol. The van der Waals surface area contributed by atoms with E-state index in [1.165, 1.54) is 11.3 Å². The summed E-state index contributed by atoms with van der Waals surface area (Å²) >= 11 is 0. The number of nitrogens with zero attached hydrogens (tertiary/aromatic N) is 3. The van der Waals surface area contributed by atoms with E-state index < -0.39 is 0 Å². The first-order valence-corrected chi connectivity index (χ1v) is 7.88. The molecule has 1 aliphatic rings. The van der Waals surface area contributed by atoms with Crippen molar-refractivity contribution in [2.24, 2.45) is 13.0 Å². The van der Waals surface area contributed by atoms with E-state index in [4.69, 9.17) is 0 Å². The quantitative estimate of drug-likeness (QED) is 0.901. The van der Waals surface area contributed by atoms with Gasteiger partial charge in [0.15, 0.2) is 0 Å². The predicted octanol–water partition coefficient (Wildman–Crippen LogP) is 1.89. The van der Waals surface area contributed by atoms with Gasteiger partial charge in [-0.25, -0.2) is 0 Å². The van der Waals surface area contributed by atoms with Crippen LogP contribution in [0.1, 0.15) is 50.4 Å². The van der Waals surface area contributed by atoms with Crippen LogP contribution in [0.15, 0.2) is 6.20 Å². The van der Waals surface area contributed by atoms with E-state index >= 15 is 0 Å². The molecular weight excluding hydrogens is 264 g/mol. The van der Waals surface area contributed by atoms with Crippen LogP contribution in [0.5, 0.6) is 0 Å². The fourth-order valence-corrected chi connectivity index (χ4v) is 3.15. The van der Waals surface area contributed by atoms with Crippen molar-refractivity contribution in [3.05, 3.63) is 17.5 Å². The Morgan fingerprint density at radius 3 is 2.86 bits per heavy atom. The number of hydrogen-bond donors (Lipinski definition) is 1. The van der Waals surface area contributed by atoms with Crippen molar-refractivity contribution in [2.45, 2.75) is 51.6 Å². The third kappa shape index (κ3) is 3.64. The third-order valence-corrected chi connectivity index (χ3v) is 4.22. The Bertz CT molecular complexity index is 492. The van der Waals surface area contributed by atoms with Crippen molar-refractivity contribution in [3.8, 4) is 0 Å². The molecule has 2 atom stereocenters. The molecule has 1 aliphatic carbocycles. The van der Waals surface area contributed by atoms with Crippen LogP contribution in [0.2, 0.25) is 0 Å². The molecule has 21 heavy (non-hydrogen) atoms. The minimum absolute atomic E-state index is 0.115. The molecule has 2 rings (SSSR count). The van der Waals surface area contributed by atoms with Gasteiger partial charge in [0.05, 0.1) is 12.2 Å². The number of rotatable bonds is 5. The van der Waals surface area contributed by atoms with Crippen LogP contribution in [0.4, 0.5) is 0 Å². The van der Waals surface area contributed by atoms with Gasteiger partial charge in [-0.2, -0.15) is 5.10 Å². The zero-order valence-electron chi connectivity index (χ0n) is 13.9. The van der Waals surface area contributed by atoms with Crippen molar-refractivity contribution in [1.82, 2.24) is 20.0 Å². The van der Waals surface area contributed by atoms with Crippen molar-refractivity contribution >= 4 is 5.91 Å². The second-order valence-electron chi connectivity index (χ2n) is 6.70. The molecule has 0 saturated heterocycles. The van der Waals surface area contributed by atoms with Gasteiger partial charge in [0, 0.05) is 38.4 Å². The lowest BCUT2D eigenvalue weighted by Crippen LogP contribution is -2.46. The van der Waals surface area contributed by atoms with Crippen molar-refractivity contribution < 1.29 is 4.79 Å². The second kappa shape index (κ2) is 6.60. The van der Waals surface area contributed by atoms with Gasteiger partial charge in [0.2, 0.25) is 5.91 Å². The topological polar surface area (TPSA) is 50.2 Å². The standard InChI is InChI=1S/C16H28N4O/c1-11(2)9-14(16(21)19(3)4)18-13-7-6-8-15-12(13)10-17-20(15)5/h10-11,13-14,18H,6-9H2,1-5H3. The Hall–Kier alpha value is -1.36. The summed E-state index contributed by atoms with van der Waals surface area (Å²) in [6, 6.07) is 0.131. The Labute approximate surface area is 127 Å². The number of nitrogens with one attached hydrogen (secondary N) is 1. The number of fused-ring (bicyclic) bond motifs is 1. The van der Waals surface area contributed by atoms with E-state index in [1.807, 2.05) is 32.0 Å². The molecule has 0 bridgehead atoms. The van der Waals surface area contributed by atoms with E-state index in [9.17, 15) is 4.79 Å². The molecule has 1 amide bonds. The summed E-state index contributed by atoms with van der Waals surface area (Å²) in [6.45, 7) is 4.32. The molecule has 0 saturated carbocycles. The average molecular weight is 292 g/mol. The maximum absolute atomic E-state index is 12.4. The zero-order chi connectivity index (χ0) is 15.6. The minimum atomic E-state index is -0.115. The Balaban J connectivity index is 2.15. The Morgan fingerprint density at radius 2 is 2.24 bits per heavy atom. The second-order valence-corrected chi connectivity index (χ2v) is 6.70. The van der Waals surface area contributed by atoms with Crippen LogP contribution in [0.3, 0.4) is 0 Å². The van der Waals surface area contributed by atoms with Crippen molar-refractivity contribution in [3.63, 3.8) is 0 Å². The molecule has 5 heteroatoms. The first-order chi connectivity index (χ1) is 9.90. The Morgan fingerprint density at radius 1 is 1.52 bits per heavy atom. The maximum atomic E-state index is 12.4. The molecule has 2 unspecified atom stereocenters. The van der Waals surface area contributed by atoms with Crippen LogP contribution in [-0.4, -0.2) is 40.7 Å². The normalized spacial score (nSPS) is 19.4. The van der Waals surface area contributed by atoms with Gasteiger partial charge in [-0.05, 0) is 31.6 Å². The highest BCUT2D eigenvalue weighted by Crippen LogP contribution is 2.30. The van der Waals surface area contributed by atoms with Gasteiger partial charge in [0.25, 0.3) is 0 Å². The number of hydrogen-bond acceptors (Lipinski definition) is 3. The smallest absolute Gasteiger partial charge is 0.239 e. The van der Waals surface area contributed by atoms with Gasteiger partial charge in [-0.3, -0.25) is 14.8 Å². The number of carbonyl (C=O) groups excluding carboxylic acids is 1. The number of amides is 1. The van der Waals surface area contributed by atoms with Gasteiger partial charge >= 0.3 is 0 Å². The van der Waals surface area contributed by atoms with Crippen LogP contribution in [0.25, 0.3) is 0 Å². The van der Waals surface area contributed by atoms with Gasteiger partial charge in [-0.15, -0.1) is 0 Å². The van der Waals surface area contributed by atoms with Gasteiger partial charge in [0.1, 0.15) is 0 Å². The number of aryl methyl sites for hydroxylation is 1. The number of carbonyl (C=O) groups is 1. The summed E-state index contributed by atoms with van der Waals surface area (Å²) < 4.78 is 1.97. The lowest BCUT2D eigenvalue weighted by molar-refractivity contribution is -0.131. The van der Waals surface area contributed by atoms with E-state index in [1.54, 1.807) is 4.90 Å². The highest BCUT2D eigenvalue weighted by atomic mass is 16.2. The molecule has 1 N–H and O–H groups in total. The molecule has 1 aromatic heterocycles. The van der Waals surface area contributed by atoms with E-state index in [0.717, 1.165) is 25.7 Å². The van der Waals surface area contributed by atoms with E-state index in [-0.39, 0.29) is 18.0 Å². The molecule has 1 aromatic rings. The summed E-state index contributed by atoms with van der Waals surface area (Å²) in [5.74, 6) is 0.656.